The number of pyridine rings is 1. The first-order chi connectivity index (χ1) is 15.2. The Labute approximate surface area is 184 Å². The second-order valence-electron chi connectivity index (χ2n) is 6.50. The van der Waals surface area contributed by atoms with E-state index in [1.54, 1.807) is 29.8 Å². The molecule has 2 aromatic heterocycles. The third-order valence-corrected chi connectivity index (χ3v) is 5.77. The van der Waals surface area contributed by atoms with Crippen LogP contribution in [0.5, 0.6) is 11.5 Å². The number of amides is 4. The van der Waals surface area contributed by atoms with Gasteiger partial charge in [-0.25, -0.2) is 27.7 Å². The number of hydrogen-bond acceptors (Lipinski definition) is 7. The summed E-state index contributed by atoms with van der Waals surface area (Å²) in [5.41, 5.74) is 0.565. The van der Waals surface area contributed by atoms with Gasteiger partial charge in [0.2, 0.25) is 0 Å². The van der Waals surface area contributed by atoms with Crippen LogP contribution in [0.4, 0.5) is 21.2 Å². The lowest BCUT2D eigenvalue weighted by Gasteiger charge is -2.11. The molecule has 0 saturated heterocycles. The van der Waals surface area contributed by atoms with E-state index in [0.717, 1.165) is 0 Å². The predicted molar refractivity (Wildman–Crippen MR) is 118 cm³/mol. The summed E-state index contributed by atoms with van der Waals surface area (Å²) in [5.74, 6) is 0.824. The number of sulfonamides is 1. The van der Waals surface area contributed by atoms with Crippen molar-refractivity contribution in [2.24, 2.45) is 7.05 Å². The maximum Gasteiger partial charge on any atom is 0.334 e. The van der Waals surface area contributed by atoms with Crippen LogP contribution in [0.25, 0.3) is 10.9 Å². The lowest BCUT2D eigenvalue weighted by Crippen LogP contribution is -2.34. The van der Waals surface area contributed by atoms with Gasteiger partial charge >= 0.3 is 12.1 Å². The van der Waals surface area contributed by atoms with Crippen molar-refractivity contribution in [3.05, 3.63) is 36.5 Å². The van der Waals surface area contributed by atoms with Crippen LogP contribution < -0.4 is 30.1 Å². The molecule has 0 unspecified atom stereocenters. The number of fused-ring (bicyclic) bond motifs is 1. The van der Waals surface area contributed by atoms with Gasteiger partial charge in [-0.2, -0.15) is 0 Å². The fourth-order valence-electron chi connectivity index (χ4n) is 3.02. The van der Waals surface area contributed by atoms with Crippen molar-refractivity contribution in [2.75, 3.05) is 31.9 Å². The van der Waals surface area contributed by atoms with Gasteiger partial charge in [0.05, 0.1) is 19.7 Å². The maximum atomic E-state index is 12.9. The van der Waals surface area contributed by atoms with E-state index in [9.17, 15) is 18.0 Å². The molecule has 3 rings (SSSR count). The van der Waals surface area contributed by atoms with Crippen molar-refractivity contribution in [1.82, 2.24) is 19.6 Å². The Morgan fingerprint density at radius 1 is 1.03 bits per heavy atom. The summed E-state index contributed by atoms with van der Waals surface area (Å²) in [5, 5.41) is 7.53. The zero-order valence-corrected chi connectivity index (χ0v) is 18.5. The molecule has 0 fully saturated rings. The predicted octanol–water partition coefficient (Wildman–Crippen LogP) is 1.85. The number of aryl methyl sites for hydroxylation is 1. The minimum Gasteiger partial charge on any atom is -0.496 e. The quantitative estimate of drug-likeness (QED) is 0.436. The molecule has 170 valence electrons. The molecule has 4 N–H and O–H groups in total. The molecule has 4 amide bonds. The highest BCUT2D eigenvalue weighted by Crippen LogP contribution is 2.31. The number of anilines is 2. The van der Waals surface area contributed by atoms with Gasteiger partial charge in [-0.05, 0) is 6.07 Å². The first kappa shape index (κ1) is 22.7. The number of nitrogens with zero attached hydrogens (tertiary/aromatic N) is 2. The first-order valence-corrected chi connectivity index (χ1v) is 10.7. The largest absolute Gasteiger partial charge is 0.496 e. The van der Waals surface area contributed by atoms with E-state index in [4.69, 9.17) is 9.47 Å². The molecule has 12 nitrogen and oxygen atoms in total. The van der Waals surface area contributed by atoms with Crippen LogP contribution in [0.1, 0.15) is 0 Å². The Morgan fingerprint density at radius 2 is 1.69 bits per heavy atom. The summed E-state index contributed by atoms with van der Waals surface area (Å²) in [7, 11) is 1.73. The van der Waals surface area contributed by atoms with Crippen LogP contribution in [0.2, 0.25) is 0 Å². The van der Waals surface area contributed by atoms with Crippen molar-refractivity contribution < 1.29 is 27.5 Å². The fraction of sp³-hybridized carbons (Fsp3) is 0.211. The normalized spacial score (nSPS) is 11.0. The topological polar surface area (TPSA) is 153 Å². The maximum absolute atomic E-state index is 12.9. The number of urea groups is 2. The zero-order valence-electron chi connectivity index (χ0n) is 17.7. The molecule has 0 radical (unpaired) electrons. The average Bonchev–Trinajstić information content (AvgIpc) is 3.10. The summed E-state index contributed by atoms with van der Waals surface area (Å²) < 4.78 is 39.8. The number of carbonyl (C=O) groups is 2. The number of rotatable bonds is 6. The van der Waals surface area contributed by atoms with E-state index in [0.29, 0.717) is 16.7 Å². The minimum absolute atomic E-state index is 0.0388. The van der Waals surface area contributed by atoms with Gasteiger partial charge in [0, 0.05) is 37.8 Å². The van der Waals surface area contributed by atoms with Gasteiger partial charge in [0.15, 0.2) is 0 Å². The average molecular weight is 462 g/mol. The fourth-order valence-corrected chi connectivity index (χ4v) is 4.18. The van der Waals surface area contributed by atoms with E-state index < -0.39 is 22.1 Å². The van der Waals surface area contributed by atoms with Crippen LogP contribution in [0.15, 0.2) is 41.4 Å². The van der Waals surface area contributed by atoms with Crippen LogP contribution in [0, 0.1) is 0 Å². The number of nitrogens with one attached hydrogen (secondary N) is 4. The second-order valence-corrected chi connectivity index (χ2v) is 8.15. The Hall–Kier alpha value is -4.00. The van der Waals surface area contributed by atoms with E-state index in [-0.39, 0.29) is 22.3 Å². The number of para-hydroxylation sites is 1. The molecule has 3 aromatic rings. The number of methoxy groups -OCH3 is 2. The van der Waals surface area contributed by atoms with Crippen molar-refractivity contribution in [3.8, 4) is 11.5 Å². The SMILES string of the molecule is CNC(=O)Nc1cc(OC)cc(NC(=O)NS(=O)(=O)c2cn(C)c3c(OC)cccc23)n1. The molecular formula is C19H22N6O6S. The van der Waals surface area contributed by atoms with Crippen molar-refractivity contribution in [3.63, 3.8) is 0 Å². The highest BCUT2D eigenvalue weighted by atomic mass is 32.2. The molecule has 2 heterocycles. The molecule has 0 aliphatic rings. The van der Waals surface area contributed by atoms with Crippen LogP contribution in [-0.2, 0) is 17.1 Å². The summed E-state index contributed by atoms with van der Waals surface area (Å²) in [4.78, 5) is 27.9. The van der Waals surface area contributed by atoms with Crippen molar-refractivity contribution in [2.45, 2.75) is 4.90 Å². The van der Waals surface area contributed by atoms with E-state index in [1.807, 2.05) is 4.72 Å². The molecule has 13 heteroatoms. The number of carbonyl (C=O) groups excluding carboxylic acids is 2. The third-order valence-electron chi connectivity index (χ3n) is 4.41. The highest BCUT2D eigenvalue weighted by molar-refractivity contribution is 7.90. The third kappa shape index (κ3) is 4.67. The number of benzene rings is 1. The monoisotopic (exact) mass is 462 g/mol. The van der Waals surface area contributed by atoms with Crippen LogP contribution in [-0.4, -0.2) is 51.3 Å². The van der Waals surface area contributed by atoms with Gasteiger partial charge in [0.1, 0.15) is 28.0 Å². The first-order valence-electron chi connectivity index (χ1n) is 9.19. The molecular weight excluding hydrogens is 440 g/mol. The highest BCUT2D eigenvalue weighted by Gasteiger charge is 2.24. The van der Waals surface area contributed by atoms with Gasteiger partial charge in [0.25, 0.3) is 10.0 Å². The summed E-state index contributed by atoms with van der Waals surface area (Å²) in [6.45, 7) is 0. The Morgan fingerprint density at radius 3 is 2.28 bits per heavy atom. The van der Waals surface area contributed by atoms with Gasteiger partial charge in [-0.15, -0.1) is 0 Å². The molecule has 0 saturated carbocycles. The Balaban J connectivity index is 1.86. The molecule has 0 aliphatic heterocycles. The van der Waals surface area contributed by atoms with Crippen LogP contribution in [0.3, 0.4) is 0 Å². The van der Waals surface area contributed by atoms with E-state index in [1.165, 1.54) is 39.6 Å². The summed E-state index contributed by atoms with van der Waals surface area (Å²) in [6.07, 6.45) is 1.39. The molecule has 0 bridgehead atoms. The van der Waals surface area contributed by atoms with Crippen LogP contribution >= 0.6 is 0 Å². The Kier molecular flexibility index (Phi) is 6.39. The Bertz CT molecular complexity index is 1290. The lowest BCUT2D eigenvalue weighted by atomic mass is 10.2. The number of aromatic nitrogens is 2. The summed E-state index contributed by atoms with van der Waals surface area (Å²) >= 11 is 0. The van der Waals surface area contributed by atoms with E-state index in [2.05, 4.69) is 20.9 Å². The molecule has 0 aliphatic carbocycles. The van der Waals surface area contributed by atoms with Gasteiger partial charge in [-0.3, -0.25) is 10.6 Å². The van der Waals surface area contributed by atoms with E-state index >= 15 is 0 Å². The molecule has 32 heavy (non-hydrogen) atoms. The summed E-state index contributed by atoms with van der Waals surface area (Å²) in [6, 6.07) is 6.19. The smallest absolute Gasteiger partial charge is 0.334 e. The van der Waals surface area contributed by atoms with Crippen molar-refractivity contribution >= 4 is 44.6 Å². The molecule has 1 aromatic carbocycles. The molecule has 0 spiro atoms. The zero-order chi connectivity index (χ0) is 23.5. The number of ether oxygens (including phenoxy) is 2. The molecule has 0 atom stereocenters. The lowest BCUT2D eigenvalue weighted by molar-refractivity contribution is 0.253. The standard InChI is InChI=1S/C19H22N6O6S/c1-20-18(26)22-15-8-11(30-3)9-16(21-15)23-19(27)24-32(28,29)14-10-25(2)17-12(14)6-5-7-13(17)31-4/h5-10H,1-4H3,(H4,20,21,22,23,24,26,27). The minimum atomic E-state index is -4.24. The number of hydrogen-bond donors (Lipinski definition) is 4. The second kappa shape index (κ2) is 9.01. The van der Waals surface area contributed by atoms with Gasteiger partial charge < -0.3 is 19.4 Å². The van der Waals surface area contributed by atoms with Crippen molar-refractivity contribution in [1.29, 1.82) is 0 Å². The van der Waals surface area contributed by atoms with Gasteiger partial charge in [-0.1, -0.05) is 12.1 Å².